The molecule has 0 saturated carbocycles. The van der Waals surface area contributed by atoms with Crippen LogP contribution in [-0.4, -0.2) is 10.1 Å². The number of benzene rings is 1. The standard InChI is InChI=1S/C9H6BrClN2O/c10-7-3-1-6(2-4-7)9-12-8(5-11)14-13-9/h1-4H,5H2. The van der Waals surface area contributed by atoms with Gasteiger partial charge in [0.1, 0.15) is 5.88 Å². The van der Waals surface area contributed by atoms with E-state index in [4.69, 9.17) is 16.1 Å². The molecule has 0 spiro atoms. The van der Waals surface area contributed by atoms with E-state index in [9.17, 15) is 0 Å². The van der Waals surface area contributed by atoms with E-state index in [2.05, 4.69) is 26.1 Å². The van der Waals surface area contributed by atoms with Crippen molar-refractivity contribution in [3.05, 3.63) is 34.6 Å². The zero-order chi connectivity index (χ0) is 9.97. The molecule has 3 nitrogen and oxygen atoms in total. The summed E-state index contributed by atoms with van der Waals surface area (Å²) in [6.45, 7) is 0. The first kappa shape index (κ1) is 9.68. The van der Waals surface area contributed by atoms with Gasteiger partial charge in [-0.15, -0.1) is 11.6 Å². The molecule has 1 heterocycles. The molecule has 0 unspecified atom stereocenters. The SMILES string of the molecule is ClCc1nc(-c2ccc(Br)cc2)no1. The zero-order valence-electron chi connectivity index (χ0n) is 7.08. The molecule has 5 heteroatoms. The van der Waals surface area contributed by atoms with Gasteiger partial charge in [0.25, 0.3) is 0 Å². The Morgan fingerprint density at radius 3 is 2.57 bits per heavy atom. The van der Waals surface area contributed by atoms with Gasteiger partial charge in [-0.2, -0.15) is 4.98 Å². The van der Waals surface area contributed by atoms with Gasteiger partial charge in [0.2, 0.25) is 11.7 Å². The lowest BCUT2D eigenvalue weighted by Gasteiger charge is -1.93. The first-order chi connectivity index (χ1) is 6.79. The minimum Gasteiger partial charge on any atom is -0.338 e. The van der Waals surface area contributed by atoms with Crippen molar-refractivity contribution in [1.82, 2.24) is 10.1 Å². The van der Waals surface area contributed by atoms with E-state index in [0.717, 1.165) is 10.0 Å². The van der Waals surface area contributed by atoms with Crippen LogP contribution in [0.1, 0.15) is 5.89 Å². The molecular formula is C9H6BrClN2O. The summed E-state index contributed by atoms with van der Waals surface area (Å²) >= 11 is 8.90. The normalized spacial score (nSPS) is 10.4. The van der Waals surface area contributed by atoms with Gasteiger partial charge in [0.15, 0.2) is 0 Å². The Morgan fingerprint density at radius 1 is 1.29 bits per heavy atom. The van der Waals surface area contributed by atoms with E-state index in [-0.39, 0.29) is 5.88 Å². The third-order valence-electron chi connectivity index (χ3n) is 1.68. The summed E-state index contributed by atoms with van der Waals surface area (Å²) in [5, 5.41) is 3.80. The lowest BCUT2D eigenvalue weighted by molar-refractivity contribution is 0.391. The number of alkyl halides is 1. The Morgan fingerprint density at radius 2 is 2.00 bits per heavy atom. The Hall–Kier alpha value is -0.870. The van der Waals surface area contributed by atoms with Gasteiger partial charge >= 0.3 is 0 Å². The second-order valence-electron chi connectivity index (χ2n) is 2.65. The van der Waals surface area contributed by atoms with Crippen LogP contribution in [-0.2, 0) is 5.88 Å². The van der Waals surface area contributed by atoms with Crippen LogP contribution in [0.5, 0.6) is 0 Å². The molecule has 0 fully saturated rings. The molecule has 72 valence electrons. The second-order valence-corrected chi connectivity index (χ2v) is 3.84. The summed E-state index contributed by atoms with van der Waals surface area (Å²) in [5.74, 6) is 1.24. The molecule has 14 heavy (non-hydrogen) atoms. The third-order valence-corrected chi connectivity index (χ3v) is 2.44. The van der Waals surface area contributed by atoms with Crippen LogP contribution in [0.2, 0.25) is 0 Å². The van der Waals surface area contributed by atoms with E-state index >= 15 is 0 Å². The smallest absolute Gasteiger partial charge is 0.241 e. The predicted molar refractivity (Wildman–Crippen MR) is 57.0 cm³/mol. The van der Waals surface area contributed by atoms with Crippen molar-refractivity contribution in [3.63, 3.8) is 0 Å². The number of hydrogen-bond acceptors (Lipinski definition) is 3. The Kier molecular flexibility index (Phi) is 2.84. The highest BCUT2D eigenvalue weighted by Gasteiger charge is 2.06. The van der Waals surface area contributed by atoms with Crippen molar-refractivity contribution < 1.29 is 4.52 Å². The lowest BCUT2D eigenvalue weighted by Crippen LogP contribution is -1.80. The van der Waals surface area contributed by atoms with Gasteiger partial charge in [-0.25, -0.2) is 0 Å². The largest absolute Gasteiger partial charge is 0.338 e. The Balaban J connectivity index is 2.34. The molecule has 2 aromatic rings. The molecule has 0 radical (unpaired) electrons. The summed E-state index contributed by atoms with van der Waals surface area (Å²) < 4.78 is 5.91. The maximum atomic E-state index is 5.55. The highest BCUT2D eigenvalue weighted by molar-refractivity contribution is 9.10. The molecule has 0 N–H and O–H groups in total. The van der Waals surface area contributed by atoms with Gasteiger partial charge in [0.05, 0.1) is 0 Å². The van der Waals surface area contributed by atoms with Crippen LogP contribution in [0.4, 0.5) is 0 Å². The van der Waals surface area contributed by atoms with Crippen molar-refractivity contribution in [2.24, 2.45) is 0 Å². The molecular weight excluding hydrogens is 267 g/mol. The molecule has 0 amide bonds. The third kappa shape index (κ3) is 1.96. The minimum atomic E-state index is 0.240. The van der Waals surface area contributed by atoms with E-state index in [1.165, 1.54) is 0 Å². The summed E-state index contributed by atoms with van der Waals surface area (Å²) in [4.78, 5) is 4.10. The summed E-state index contributed by atoms with van der Waals surface area (Å²) in [5.41, 5.74) is 0.910. The van der Waals surface area contributed by atoms with E-state index in [1.54, 1.807) is 0 Å². The fraction of sp³-hybridized carbons (Fsp3) is 0.111. The highest BCUT2D eigenvalue weighted by Crippen LogP contribution is 2.19. The molecule has 0 aliphatic carbocycles. The molecule has 1 aromatic carbocycles. The van der Waals surface area contributed by atoms with Crippen LogP contribution in [0, 0.1) is 0 Å². The molecule has 0 aliphatic rings. The zero-order valence-corrected chi connectivity index (χ0v) is 9.42. The van der Waals surface area contributed by atoms with Gasteiger partial charge in [-0.05, 0) is 24.3 Å². The number of aromatic nitrogens is 2. The van der Waals surface area contributed by atoms with Crippen LogP contribution in [0.25, 0.3) is 11.4 Å². The van der Waals surface area contributed by atoms with Crippen molar-refractivity contribution in [2.45, 2.75) is 5.88 Å². The lowest BCUT2D eigenvalue weighted by atomic mass is 10.2. The summed E-state index contributed by atoms with van der Waals surface area (Å²) in [7, 11) is 0. The maximum absolute atomic E-state index is 5.55. The summed E-state index contributed by atoms with van der Waals surface area (Å²) in [6, 6.07) is 7.66. The van der Waals surface area contributed by atoms with E-state index < -0.39 is 0 Å². The highest BCUT2D eigenvalue weighted by atomic mass is 79.9. The van der Waals surface area contributed by atoms with Gasteiger partial charge in [-0.3, -0.25) is 0 Å². The van der Waals surface area contributed by atoms with Crippen LogP contribution < -0.4 is 0 Å². The number of halogens is 2. The molecule has 2 rings (SSSR count). The molecule has 0 bridgehead atoms. The average Bonchev–Trinajstić information content (AvgIpc) is 2.67. The predicted octanol–water partition coefficient (Wildman–Crippen LogP) is 3.24. The first-order valence-electron chi connectivity index (χ1n) is 3.94. The molecule has 1 aromatic heterocycles. The van der Waals surface area contributed by atoms with Crippen molar-refractivity contribution in [3.8, 4) is 11.4 Å². The van der Waals surface area contributed by atoms with Crippen LogP contribution >= 0.6 is 27.5 Å². The molecule has 0 atom stereocenters. The van der Waals surface area contributed by atoms with Crippen molar-refractivity contribution in [1.29, 1.82) is 0 Å². The fourth-order valence-corrected chi connectivity index (χ4v) is 1.40. The number of rotatable bonds is 2. The topological polar surface area (TPSA) is 38.9 Å². The fourth-order valence-electron chi connectivity index (χ4n) is 1.03. The van der Waals surface area contributed by atoms with Gasteiger partial charge < -0.3 is 4.52 Å². The average molecular weight is 274 g/mol. The quantitative estimate of drug-likeness (QED) is 0.789. The Labute approximate surface area is 94.2 Å². The first-order valence-corrected chi connectivity index (χ1v) is 5.27. The van der Waals surface area contributed by atoms with Gasteiger partial charge in [-0.1, -0.05) is 21.1 Å². The number of hydrogen-bond donors (Lipinski definition) is 0. The van der Waals surface area contributed by atoms with Crippen molar-refractivity contribution >= 4 is 27.5 Å². The minimum absolute atomic E-state index is 0.240. The maximum Gasteiger partial charge on any atom is 0.241 e. The van der Waals surface area contributed by atoms with Crippen molar-refractivity contribution in [2.75, 3.05) is 0 Å². The Bertz CT molecular complexity index is 427. The van der Waals surface area contributed by atoms with E-state index in [1.807, 2.05) is 24.3 Å². The monoisotopic (exact) mass is 272 g/mol. The van der Waals surface area contributed by atoms with Crippen LogP contribution in [0.15, 0.2) is 33.3 Å². The van der Waals surface area contributed by atoms with Crippen LogP contribution in [0.3, 0.4) is 0 Å². The molecule has 0 aliphatic heterocycles. The number of nitrogens with zero attached hydrogens (tertiary/aromatic N) is 2. The van der Waals surface area contributed by atoms with E-state index in [0.29, 0.717) is 11.7 Å². The van der Waals surface area contributed by atoms with Gasteiger partial charge in [0, 0.05) is 10.0 Å². The molecule has 0 saturated heterocycles. The second kappa shape index (κ2) is 4.11. The summed E-state index contributed by atoms with van der Waals surface area (Å²) in [6.07, 6.45) is 0.